The summed E-state index contributed by atoms with van der Waals surface area (Å²) >= 11 is 6.06. The van der Waals surface area contributed by atoms with Crippen molar-refractivity contribution in [3.8, 4) is 11.5 Å². The van der Waals surface area contributed by atoms with Crippen molar-refractivity contribution in [2.75, 3.05) is 7.11 Å². The van der Waals surface area contributed by atoms with Crippen LogP contribution in [0.4, 0.5) is 0 Å². The molecule has 0 saturated carbocycles. The smallest absolute Gasteiger partial charge is 0.363 e. The molecule has 7 heteroatoms. The van der Waals surface area contributed by atoms with E-state index in [0.29, 0.717) is 16.3 Å². The van der Waals surface area contributed by atoms with Crippen LogP contribution < -0.4 is 9.47 Å². The molecule has 1 heterocycles. The number of aryl methyl sites for hydroxylation is 1. The molecule has 0 bridgehead atoms. The molecule has 0 saturated heterocycles. The first kappa shape index (κ1) is 21.3. The molecule has 3 aromatic carbocycles. The number of ether oxygens (including phenoxy) is 3. The Morgan fingerprint density at radius 1 is 1.03 bits per heavy atom. The summed E-state index contributed by atoms with van der Waals surface area (Å²) in [6, 6.07) is 19.0. The highest BCUT2D eigenvalue weighted by atomic mass is 35.5. The number of hydrogen-bond acceptors (Lipinski definition) is 6. The summed E-state index contributed by atoms with van der Waals surface area (Å²) in [7, 11) is 1.46. The van der Waals surface area contributed by atoms with E-state index in [-0.39, 0.29) is 22.9 Å². The van der Waals surface area contributed by atoms with E-state index < -0.39 is 11.9 Å². The zero-order chi connectivity index (χ0) is 22.7. The third-order valence-electron chi connectivity index (χ3n) is 4.67. The fraction of sp³-hybridized carbons (Fsp3) is 0.0800. The number of aliphatic imine (C=N–C) groups is 1. The molecule has 160 valence electrons. The molecule has 3 aromatic rings. The lowest BCUT2D eigenvalue weighted by Gasteiger charge is -2.10. The van der Waals surface area contributed by atoms with E-state index in [1.165, 1.54) is 7.11 Å². The fourth-order valence-electron chi connectivity index (χ4n) is 3.11. The third-order valence-corrected chi connectivity index (χ3v) is 5.00. The van der Waals surface area contributed by atoms with Gasteiger partial charge in [0.25, 0.3) is 0 Å². The van der Waals surface area contributed by atoms with Crippen LogP contribution in [0.25, 0.3) is 6.08 Å². The zero-order valence-electron chi connectivity index (χ0n) is 17.3. The van der Waals surface area contributed by atoms with E-state index in [4.69, 9.17) is 25.8 Å². The summed E-state index contributed by atoms with van der Waals surface area (Å²) in [4.78, 5) is 29.1. The van der Waals surface area contributed by atoms with Crippen molar-refractivity contribution < 1.29 is 23.8 Å². The van der Waals surface area contributed by atoms with Gasteiger partial charge in [-0.3, -0.25) is 0 Å². The predicted molar refractivity (Wildman–Crippen MR) is 121 cm³/mol. The number of benzene rings is 3. The minimum atomic E-state index is -0.605. The highest BCUT2D eigenvalue weighted by molar-refractivity contribution is 6.33. The Morgan fingerprint density at radius 3 is 2.59 bits per heavy atom. The Kier molecular flexibility index (Phi) is 6.05. The van der Waals surface area contributed by atoms with Crippen LogP contribution in [0.15, 0.2) is 77.4 Å². The zero-order valence-corrected chi connectivity index (χ0v) is 18.1. The first-order valence-corrected chi connectivity index (χ1v) is 10.1. The Morgan fingerprint density at radius 2 is 1.84 bits per heavy atom. The van der Waals surface area contributed by atoms with Gasteiger partial charge in [0, 0.05) is 5.56 Å². The Labute approximate surface area is 189 Å². The number of carbonyl (C=O) groups excluding carboxylic acids is 2. The molecule has 0 aliphatic carbocycles. The van der Waals surface area contributed by atoms with Gasteiger partial charge in [-0.05, 0) is 55.0 Å². The molecule has 0 unspecified atom stereocenters. The second-order valence-electron chi connectivity index (χ2n) is 6.99. The molecule has 1 aliphatic rings. The summed E-state index contributed by atoms with van der Waals surface area (Å²) in [5.41, 5.74) is 2.78. The number of cyclic esters (lactones) is 1. The van der Waals surface area contributed by atoms with E-state index in [0.717, 1.165) is 11.1 Å². The van der Waals surface area contributed by atoms with Crippen molar-refractivity contribution in [1.82, 2.24) is 0 Å². The van der Waals surface area contributed by atoms with Gasteiger partial charge in [0.2, 0.25) is 5.90 Å². The normalized spacial score (nSPS) is 14.2. The standard InChI is InChI=1S/C25H18ClNO5/c1-15-6-5-7-17(12-15)23-27-20(25(29)32-23)13-16-10-11-21(22(14-16)30-2)31-24(28)18-8-3-4-9-19(18)26/h3-14H,1-2H3/b20-13+. The van der Waals surface area contributed by atoms with Crippen LogP contribution in [-0.2, 0) is 9.53 Å². The molecular weight excluding hydrogens is 430 g/mol. The summed E-state index contributed by atoms with van der Waals surface area (Å²) in [6.07, 6.45) is 1.58. The van der Waals surface area contributed by atoms with Crippen molar-refractivity contribution in [3.63, 3.8) is 0 Å². The van der Waals surface area contributed by atoms with E-state index in [1.807, 2.05) is 31.2 Å². The molecule has 1 aliphatic heterocycles. The second kappa shape index (κ2) is 9.08. The molecule has 4 rings (SSSR count). The topological polar surface area (TPSA) is 74.2 Å². The quantitative estimate of drug-likeness (QED) is 0.304. The molecule has 6 nitrogen and oxygen atoms in total. The number of esters is 2. The molecule has 32 heavy (non-hydrogen) atoms. The van der Waals surface area contributed by atoms with Gasteiger partial charge >= 0.3 is 11.9 Å². The average Bonchev–Trinajstić information content (AvgIpc) is 3.15. The molecule has 0 amide bonds. The van der Waals surface area contributed by atoms with Crippen LogP contribution in [0.3, 0.4) is 0 Å². The van der Waals surface area contributed by atoms with Crippen LogP contribution in [0.1, 0.15) is 27.0 Å². The van der Waals surface area contributed by atoms with Crippen LogP contribution in [0.5, 0.6) is 11.5 Å². The van der Waals surface area contributed by atoms with Crippen LogP contribution in [0.2, 0.25) is 5.02 Å². The van der Waals surface area contributed by atoms with Crippen molar-refractivity contribution in [2.45, 2.75) is 6.92 Å². The SMILES string of the molecule is COc1cc(/C=C2/N=C(c3cccc(C)c3)OC2=O)ccc1OC(=O)c1ccccc1Cl. The van der Waals surface area contributed by atoms with Crippen LogP contribution in [-0.4, -0.2) is 24.9 Å². The summed E-state index contributed by atoms with van der Waals surface area (Å²) in [6.45, 7) is 1.95. The van der Waals surface area contributed by atoms with Gasteiger partial charge in [0.05, 0.1) is 17.7 Å². The number of carbonyl (C=O) groups is 2. The average molecular weight is 448 g/mol. The Balaban J connectivity index is 1.59. The largest absolute Gasteiger partial charge is 0.493 e. The van der Waals surface area contributed by atoms with E-state index in [2.05, 4.69) is 4.99 Å². The third kappa shape index (κ3) is 4.55. The monoisotopic (exact) mass is 447 g/mol. The van der Waals surface area contributed by atoms with Gasteiger partial charge in [0.1, 0.15) is 0 Å². The molecule has 0 fully saturated rings. The fourth-order valence-corrected chi connectivity index (χ4v) is 3.32. The van der Waals surface area contributed by atoms with E-state index in [9.17, 15) is 9.59 Å². The van der Waals surface area contributed by atoms with Crippen LogP contribution in [0, 0.1) is 6.92 Å². The Bertz CT molecular complexity index is 1280. The molecule has 0 radical (unpaired) electrons. The van der Waals surface area contributed by atoms with Gasteiger partial charge in [-0.15, -0.1) is 0 Å². The highest BCUT2D eigenvalue weighted by Gasteiger charge is 2.24. The molecule has 0 aromatic heterocycles. The van der Waals surface area contributed by atoms with Crippen molar-refractivity contribution in [3.05, 3.63) is 99.7 Å². The first-order valence-electron chi connectivity index (χ1n) is 9.69. The van der Waals surface area contributed by atoms with Gasteiger partial charge < -0.3 is 14.2 Å². The maximum Gasteiger partial charge on any atom is 0.363 e. The summed E-state index contributed by atoms with van der Waals surface area (Å²) < 4.78 is 16.1. The highest BCUT2D eigenvalue weighted by Crippen LogP contribution is 2.31. The van der Waals surface area contributed by atoms with Gasteiger partial charge in [0.15, 0.2) is 17.2 Å². The number of rotatable bonds is 5. The molecule has 0 spiro atoms. The second-order valence-corrected chi connectivity index (χ2v) is 7.39. The van der Waals surface area contributed by atoms with Gasteiger partial charge in [-0.25, -0.2) is 14.6 Å². The van der Waals surface area contributed by atoms with E-state index >= 15 is 0 Å². The summed E-state index contributed by atoms with van der Waals surface area (Å²) in [5.74, 6) is -0.366. The van der Waals surface area contributed by atoms with Gasteiger partial charge in [-0.1, -0.05) is 47.5 Å². The number of nitrogens with zero attached hydrogens (tertiary/aromatic N) is 1. The molecular formula is C25H18ClNO5. The first-order chi connectivity index (χ1) is 15.4. The minimum absolute atomic E-state index is 0.157. The number of halogens is 1. The van der Waals surface area contributed by atoms with Crippen molar-refractivity contribution >= 4 is 35.5 Å². The molecule has 0 N–H and O–H groups in total. The van der Waals surface area contributed by atoms with Crippen LogP contribution >= 0.6 is 11.6 Å². The Hall–Kier alpha value is -3.90. The maximum absolute atomic E-state index is 12.5. The number of hydrogen-bond donors (Lipinski definition) is 0. The number of methoxy groups -OCH3 is 1. The lowest BCUT2D eigenvalue weighted by molar-refractivity contribution is -0.129. The maximum atomic E-state index is 12.5. The van der Waals surface area contributed by atoms with E-state index in [1.54, 1.807) is 48.5 Å². The van der Waals surface area contributed by atoms with Gasteiger partial charge in [-0.2, -0.15) is 0 Å². The lowest BCUT2D eigenvalue weighted by Crippen LogP contribution is -2.09. The van der Waals surface area contributed by atoms with Crippen molar-refractivity contribution in [1.29, 1.82) is 0 Å². The molecule has 0 atom stereocenters. The van der Waals surface area contributed by atoms with Crippen molar-refractivity contribution in [2.24, 2.45) is 4.99 Å². The minimum Gasteiger partial charge on any atom is -0.493 e. The lowest BCUT2D eigenvalue weighted by atomic mass is 10.1. The summed E-state index contributed by atoms with van der Waals surface area (Å²) in [5, 5.41) is 0.292. The predicted octanol–water partition coefficient (Wildman–Crippen LogP) is 5.22.